The first-order valence-corrected chi connectivity index (χ1v) is 4.94. The Kier molecular flexibility index (Phi) is 2.66. The van der Waals surface area contributed by atoms with Crippen LogP contribution in [0, 0.1) is 12.8 Å². The number of hydrogen-bond donors (Lipinski definition) is 0. The van der Waals surface area contributed by atoms with Gasteiger partial charge in [0.1, 0.15) is 0 Å². The molecule has 2 nitrogen and oxygen atoms in total. The Morgan fingerprint density at radius 2 is 1.50 bits per heavy atom. The van der Waals surface area contributed by atoms with Crippen molar-refractivity contribution in [3.63, 3.8) is 0 Å². The van der Waals surface area contributed by atoms with Gasteiger partial charge in [0.2, 0.25) is 0 Å². The molecule has 69 valence electrons. The van der Waals surface area contributed by atoms with Gasteiger partial charge in [-0.15, -0.1) is 0 Å². The van der Waals surface area contributed by atoms with Crippen molar-refractivity contribution in [2.45, 2.75) is 37.9 Å². The van der Waals surface area contributed by atoms with Crippen molar-refractivity contribution >= 4 is 0 Å². The molecule has 2 heteroatoms. The molecule has 2 unspecified atom stereocenters. The second-order valence-electron chi connectivity index (χ2n) is 3.77. The predicted molar refractivity (Wildman–Crippen MR) is 46.8 cm³/mol. The highest BCUT2D eigenvalue weighted by atomic mass is 16.5. The molecule has 2 aliphatic heterocycles. The molecule has 0 amide bonds. The Morgan fingerprint density at radius 1 is 1.00 bits per heavy atom. The molecule has 12 heavy (non-hydrogen) atoms. The fourth-order valence-electron chi connectivity index (χ4n) is 2.12. The van der Waals surface area contributed by atoms with Crippen molar-refractivity contribution in [1.82, 2.24) is 0 Å². The normalized spacial score (nSPS) is 38.8. The van der Waals surface area contributed by atoms with Crippen LogP contribution in [-0.4, -0.2) is 25.4 Å². The molecule has 0 aromatic carbocycles. The third-order valence-electron chi connectivity index (χ3n) is 2.88. The molecule has 2 atom stereocenters. The van der Waals surface area contributed by atoms with Crippen molar-refractivity contribution < 1.29 is 9.47 Å². The third-order valence-corrected chi connectivity index (χ3v) is 2.88. The highest BCUT2D eigenvalue weighted by molar-refractivity contribution is 4.84. The summed E-state index contributed by atoms with van der Waals surface area (Å²) in [7, 11) is 0. The van der Waals surface area contributed by atoms with E-state index >= 15 is 0 Å². The van der Waals surface area contributed by atoms with Crippen LogP contribution >= 0.6 is 0 Å². The van der Waals surface area contributed by atoms with Gasteiger partial charge in [-0.2, -0.15) is 0 Å². The largest absolute Gasteiger partial charge is 0.378 e. The SMILES string of the molecule is [CH2]C(C1CCCO1)C1CCCO1. The summed E-state index contributed by atoms with van der Waals surface area (Å²) in [6.07, 6.45) is 5.48. The van der Waals surface area contributed by atoms with E-state index in [1.54, 1.807) is 0 Å². The molecule has 0 aliphatic carbocycles. The van der Waals surface area contributed by atoms with Crippen LogP contribution in [0.3, 0.4) is 0 Å². The van der Waals surface area contributed by atoms with Gasteiger partial charge in [-0.3, -0.25) is 0 Å². The van der Waals surface area contributed by atoms with Crippen molar-refractivity contribution in [2.75, 3.05) is 13.2 Å². The summed E-state index contributed by atoms with van der Waals surface area (Å²) in [6.45, 7) is 5.99. The lowest BCUT2D eigenvalue weighted by Gasteiger charge is -2.23. The molecule has 0 N–H and O–H groups in total. The molecular formula is C10H17O2. The Labute approximate surface area is 74.2 Å². The molecule has 1 radical (unpaired) electrons. The number of hydrogen-bond acceptors (Lipinski definition) is 2. The zero-order valence-electron chi connectivity index (χ0n) is 7.50. The zero-order valence-corrected chi connectivity index (χ0v) is 7.50. The fraction of sp³-hybridized carbons (Fsp3) is 0.900. The van der Waals surface area contributed by atoms with Crippen LogP contribution in [0.1, 0.15) is 25.7 Å². The molecule has 0 aromatic rings. The zero-order chi connectivity index (χ0) is 8.39. The van der Waals surface area contributed by atoms with E-state index in [1.807, 2.05) is 0 Å². The van der Waals surface area contributed by atoms with E-state index in [0.29, 0.717) is 18.1 Å². The number of ether oxygens (including phenoxy) is 2. The summed E-state index contributed by atoms with van der Waals surface area (Å²) in [5, 5.41) is 0. The fourth-order valence-corrected chi connectivity index (χ4v) is 2.12. The lowest BCUT2D eigenvalue weighted by Crippen LogP contribution is -2.28. The van der Waals surface area contributed by atoms with Crippen molar-refractivity contribution in [3.05, 3.63) is 6.92 Å². The number of rotatable bonds is 2. The molecule has 2 saturated heterocycles. The van der Waals surface area contributed by atoms with Crippen LogP contribution in [0.4, 0.5) is 0 Å². The molecule has 0 saturated carbocycles. The summed E-state index contributed by atoms with van der Waals surface area (Å²) < 4.78 is 11.2. The maximum atomic E-state index is 5.58. The van der Waals surface area contributed by atoms with Gasteiger partial charge in [0.05, 0.1) is 12.2 Å². The summed E-state index contributed by atoms with van der Waals surface area (Å²) in [4.78, 5) is 0. The van der Waals surface area contributed by atoms with Gasteiger partial charge in [-0.25, -0.2) is 0 Å². The maximum absolute atomic E-state index is 5.58. The minimum Gasteiger partial charge on any atom is -0.378 e. The molecule has 2 heterocycles. The quantitative estimate of drug-likeness (QED) is 0.627. The topological polar surface area (TPSA) is 18.5 Å². The van der Waals surface area contributed by atoms with Crippen molar-refractivity contribution in [2.24, 2.45) is 5.92 Å². The van der Waals surface area contributed by atoms with Gasteiger partial charge in [-0.05, 0) is 32.6 Å². The van der Waals surface area contributed by atoms with E-state index in [0.717, 1.165) is 13.2 Å². The standard InChI is InChI=1S/C10H17O2/c1-8(9-4-2-6-11-9)10-5-3-7-12-10/h8-10H,1-7H2. The average molecular weight is 169 g/mol. The van der Waals surface area contributed by atoms with E-state index in [1.165, 1.54) is 25.7 Å². The molecule has 2 aliphatic rings. The summed E-state index contributed by atoms with van der Waals surface area (Å²) in [5.41, 5.74) is 0. The smallest absolute Gasteiger partial charge is 0.0628 e. The Balaban J connectivity index is 1.84. The second-order valence-corrected chi connectivity index (χ2v) is 3.77. The molecular weight excluding hydrogens is 152 g/mol. The Morgan fingerprint density at radius 3 is 1.83 bits per heavy atom. The summed E-state index contributed by atoms with van der Waals surface area (Å²) in [6, 6.07) is 0. The first-order chi connectivity index (χ1) is 5.88. The van der Waals surface area contributed by atoms with E-state index in [2.05, 4.69) is 6.92 Å². The predicted octanol–water partition coefficient (Wildman–Crippen LogP) is 1.79. The first kappa shape index (κ1) is 8.52. The van der Waals surface area contributed by atoms with Crippen molar-refractivity contribution in [1.29, 1.82) is 0 Å². The maximum Gasteiger partial charge on any atom is 0.0628 e. The minimum atomic E-state index is 0.356. The molecule has 0 aromatic heterocycles. The van der Waals surface area contributed by atoms with Crippen LogP contribution in [-0.2, 0) is 9.47 Å². The van der Waals surface area contributed by atoms with Gasteiger partial charge in [0, 0.05) is 19.1 Å². The third kappa shape index (κ3) is 1.64. The van der Waals surface area contributed by atoms with Gasteiger partial charge in [0.25, 0.3) is 0 Å². The summed E-state index contributed by atoms with van der Waals surface area (Å²) in [5.74, 6) is 0.356. The highest BCUT2D eigenvalue weighted by Gasteiger charge is 2.31. The monoisotopic (exact) mass is 169 g/mol. The van der Waals surface area contributed by atoms with Crippen LogP contribution < -0.4 is 0 Å². The van der Waals surface area contributed by atoms with Gasteiger partial charge in [-0.1, -0.05) is 0 Å². The molecule has 0 bridgehead atoms. The molecule has 0 spiro atoms. The van der Waals surface area contributed by atoms with Crippen molar-refractivity contribution in [3.8, 4) is 0 Å². The highest BCUT2D eigenvalue weighted by Crippen LogP contribution is 2.28. The molecule has 2 rings (SSSR count). The lowest BCUT2D eigenvalue weighted by molar-refractivity contribution is 0.000488. The van der Waals surface area contributed by atoms with Crippen LogP contribution in [0.15, 0.2) is 0 Å². The Hall–Kier alpha value is -0.0800. The van der Waals surface area contributed by atoms with E-state index < -0.39 is 0 Å². The van der Waals surface area contributed by atoms with E-state index in [9.17, 15) is 0 Å². The average Bonchev–Trinajstić information content (AvgIpc) is 2.77. The van der Waals surface area contributed by atoms with E-state index in [4.69, 9.17) is 9.47 Å². The van der Waals surface area contributed by atoms with Gasteiger partial charge < -0.3 is 9.47 Å². The summed E-state index contributed by atoms with van der Waals surface area (Å²) >= 11 is 0. The first-order valence-electron chi connectivity index (χ1n) is 4.94. The van der Waals surface area contributed by atoms with E-state index in [-0.39, 0.29) is 0 Å². The van der Waals surface area contributed by atoms with Gasteiger partial charge >= 0.3 is 0 Å². The van der Waals surface area contributed by atoms with Gasteiger partial charge in [0.15, 0.2) is 0 Å². The van der Waals surface area contributed by atoms with Crippen LogP contribution in [0.2, 0.25) is 0 Å². The molecule has 2 fully saturated rings. The lowest BCUT2D eigenvalue weighted by atomic mass is 9.94. The minimum absolute atomic E-state index is 0.356. The second kappa shape index (κ2) is 3.75. The van der Waals surface area contributed by atoms with Crippen LogP contribution in [0.5, 0.6) is 0 Å². The van der Waals surface area contributed by atoms with Crippen LogP contribution in [0.25, 0.3) is 0 Å². The Bertz CT molecular complexity index is 119.